The van der Waals surface area contributed by atoms with Crippen LogP contribution in [0.1, 0.15) is 62.2 Å². The van der Waals surface area contributed by atoms with Gasteiger partial charge in [0.1, 0.15) is 0 Å². The van der Waals surface area contributed by atoms with E-state index in [4.69, 9.17) is 4.74 Å². The molecular formula is C19H27NO3. The Morgan fingerprint density at radius 1 is 1.04 bits per heavy atom. The van der Waals surface area contributed by atoms with Crippen molar-refractivity contribution < 1.29 is 14.9 Å². The van der Waals surface area contributed by atoms with Gasteiger partial charge >= 0.3 is 0 Å². The topological polar surface area (TPSA) is 61.7 Å². The third-order valence-electron chi connectivity index (χ3n) is 5.73. The first-order valence-corrected chi connectivity index (χ1v) is 9.15. The number of phenols is 2. The number of aromatic hydroxyl groups is 2. The zero-order valence-electron chi connectivity index (χ0n) is 13.6. The van der Waals surface area contributed by atoms with Gasteiger partial charge in [0.2, 0.25) is 0 Å². The second-order valence-electron chi connectivity index (χ2n) is 7.45. The van der Waals surface area contributed by atoms with Crippen LogP contribution in [0.25, 0.3) is 0 Å². The van der Waals surface area contributed by atoms with E-state index in [1.807, 2.05) is 6.07 Å². The Morgan fingerprint density at radius 3 is 2.57 bits per heavy atom. The van der Waals surface area contributed by atoms with Gasteiger partial charge in [-0.15, -0.1) is 0 Å². The molecule has 3 aliphatic rings. The lowest BCUT2D eigenvalue weighted by Crippen LogP contribution is -2.37. The number of benzene rings is 1. The van der Waals surface area contributed by atoms with Crippen molar-refractivity contribution in [2.45, 2.75) is 69.6 Å². The minimum absolute atomic E-state index is 0.0121. The highest BCUT2D eigenvalue weighted by atomic mass is 16.5. The van der Waals surface area contributed by atoms with Gasteiger partial charge in [-0.3, -0.25) is 0 Å². The van der Waals surface area contributed by atoms with Gasteiger partial charge in [-0.25, -0.2) is 0 Å². The standard InChI is InChI=1S/C19H27NO3/c21-16-9-8-14-15(19(16)22)10-17(12-4-2-1-3-5-12)23-18(14)11-20-13-6-7-13/h8-9,12-13,17-18,20-22H,1-7,10-11H2/t17-,18-/m0/s1. The van der Waals surface area contributed by atoms with Crippen molar-refractivity contribution in [2.24, 2.45) is 5.92 Å². The van der Waals surface area contributed by atoms with Crippen LogP contribution in [-0.2, 0) is 11.2 Å². The highest BCUT2D eigenvalue weighted by Gasteiger charge is 2.35. The van der Waals surface area contributed by atoms with Crippen LogP contribution in [0.3, 0.4) is 0 Å². The van der Waals surface area contributed by atoms with Crippen LogP contribution in [0.5, 0.6) is 11.5 Å². The average molecular weight is 317 g/mol. The molecule has 0 saturated heterocycles. The molecule has 4 rings (SSSR count). The first-order valence-electron chi connectivity index (χ1n) is 9.15. The van der Waals surface area contributed by atoms with Gasteiger partial charge in [-0.1, -0.05) is 25.3 Å². The van der Waals surface area contributed by atoms with Crippen LogP contribution in [0, 0.1) is 5.92 Å². The summed E-state index contributed by atoms with van der Waals surface area (Å²) in [6, 6.07) is 4.14. The maximum atomic E-state index is 10.3. The van der Waals surface area contributed by atoms with Gasteiger partial charge in [0, 0.05) is 24.6 Å². The molecule has 0 unspecified atom stereocenters. The van der Waals surface area contributed by atoms with Crippen LogP contribution >= 0.6 is 0 Å². The molecule has 2 atom stereocenters. The summed E-state index contributed by atoms with van der Waals surface area (Å²) in [7, 11) is 0. The van der Waals surface area contributed by atoms with E-state index in [0.29, 0.717) is 12.0 Å². The summed E-state index contributed by atoms with van der Waals surface area (Å²) in [5, 5.41) is 23.8. The van der Waals surface area contributed by atoms with Crippen molar-refractivity contribution in [3.8, 4) is 11.5 Å². The Kier molecular flexibility index (Phi) is 4.20. The largest absolute Gasteiger partial charge is 0.504 e. The number of nitrogens with one attached hydrogen (secondary N) is 1. The lowest BCUT2D eigenvalue weighted by atomic mass is 9.80. The lowest BCUT2D eigenvalue weighted by Gasteiger charge is -2.38. The molecular weight excluding hydrogens is 290 g/mol. The van der Waals surface area contributed by atoms with Crippen molar-refractivity contribution in [1.29, 1.82) is 0 Å². The van der Waals surface area contributed by atoms with Gasteiger partial charge in [-0.2, -0.15) is 0 Å². The van der Waals surface area contributed by atoms with Gasteiger partial charge in [0.25, 0.3) is 0 Å². The van der Waals surface area contributed by atoms with Crippen LogP contribution in [-0.4, -0.2) is 28.9 Å². The molecule has 2 aliphatic carbocycles. The second-order valence-corrected chi connectivity index (χ2v) is 7.45. The molecule has 2 fully saturated rings. The molecule has 3 N–H and O–H groups in total. The van der Waals surface area contributed by atoms with Gasteiger partial charge in [-0.05, 0) is 43.2 Å². The Hall–Kier alpha value is -1.26. The van der Waals surface area contributed by atoms with Crippen molar-refractivity contribution in [3.05, 3.63) is 23.3 Å². The molecule has 0 aromatic heterocycles. The summed E-state index contributed by atoms with van der Waals surface area (Å²) in [4.78, 5) is 0. The Morgan fingerprint density at radius 2 is 1.83 bits per heavy atom. The number of ether oxygens (including phenoxy) is 1. The summed E-state index contributed by atoms with van der Waals surface area (Å²) in [6.45, 7) is 0.797. The van der Waals surface area contributed by atoms with Crippen LogP contribution in [0.2, 0.25) is 0 Å². The first-order chi connectivity index (χ1) is 11.2. The fourth-order valence-electron chi connectivity index (χ4n) is 4.19. The molecule has 1 aromatic rings. The zero-order valence-corrected chi connectivity index (χ0v) is 13.6. The molecule has 1 aromatic carbocycles. The van der Waals surface area contributed by atoms with E-state index in [1.54, 1.807) is 6.07 Å². The van der Waals surface area contributed by atoms with Gasteiger partial charge < -0.3 is 20.3 Å². The van der Waals surface area contributed by atoms with E-state index >= 15 is 0 Å². The highest BCUT2D eigenvalue weighted by Crippen LogP contribution is 2.43. The third kappa shape index (κ3) is 3.20. The molecule has 4 nitrogen and oxygen atoms in total. The summed E-state index contributed by atoms with van der Waals surface area (Å²) >= 11 is 0. The molecule has 23 heavy (non-hydrogen) atoms. The molecule has 126 valence electrons. The third-order valence-corrected chi connectivity index (χ3v) is 5.73. The zero-order chi connectivity index (χ0) is 15.8. The van der Waals surface area contributed by atoms with Crippen LogP contribution < -0.4 is 5.32 Å². The Bertz CT molecular complexity index is 564. The number of hydrogen-bond acceptors (Lipinski definition) is 4. The highest BCUT2D eigenvalue weighted by molar-refractivity contribution is 5.51. The average Bonchev–Trinajstić information content (AvgIpc) is 3.41. The predicted molar refractivity (Wildman–Crippen MR) is 88.7 cm³/mol. The number of rotatable bonds is 4. The summed E-state index contributed by atoms with van der Waals surface area (Å²) in [5.74, 6) is 0.632. The van der Waals surface area contributed by atoms with Gasteiger partial charge in [0.05, 0.1) is 12.2 Å². The minimum atomic E-state index is -0.0159. The smallest absolute Gasteiger partial charge is 0.161 e. The van der Waals surface area contributed by atoms with E-state index in [2.05, 4.69) is 5.32 Å². The lowest BCUT2D eigenvalue weighted by molar-refractivity contribution is -0.0627. The SMILES string of the molecule is Oc1ccc2c(c1O)C[C@@H](C1CCCCC1)O[C@H]2CNC1CC1. The summed E-state index contributed by atoms with van der Waals surface area (Å²) < 4.78 is 6.47. The second kappa shape index (κ2) is 6.33. The van der Waals surface area contributed by atoms with Crippen molar-refractivity contribution >= 4 is 0 Å². The fraction of sp³-hybridized carbons (Fsp3) is 0.684. The van der Waals surface area contributed by atoms with E-state index in [0.717, 1.165) is 24.1 Å². The molecule has 2 saturated carbocycles. The monoisotopic (exact) mass is 317 g/mol. The van der Waals surface area contributed by atoms with E-state index < -0.39 is 0 Å². The molecule has 1 heterocycles. The normalized spacial score (nSPS) is 28.5. The van der Waals surface area contributed by atoms with E-state index in [1.165, 1.54) is 44.9 Å². The maximum Gasteiger partial charge on any atom is 0.161 e. The van der Waals surface area contributed by atoms with Crippen molar-refractivity contribution in [3.63, 3.8) is 0 Å². The number of hydrogen-bond donors (Lipinski definition) is 3. The molecule has 0 spiro atoms. The van der Waals surface area contributed by atoms with Crippen LogP contribution in [0.15, 0.2) is 12.1 Å². The summed E-state index contributed by atoms with van der Waals surface area (Å²) in [5.41, 5.74) is 1.94. The van der Waals surface area contributed by atoms with E-state index in [-0.39, 0.29) is 23.7 Å². The molecule has 0 amide bonds. The number of fused-ring (bicyclic) bond motifs is 1. The van der Waals surface area contributed by atoms with Gasteiger partial charge in [0.15, 0.2) is 11.5 Å². The predicted octanol–water partition coefficient (Wildman–Crippen LogP) is 3.41. The molecule has 1 aliphatic heterocycles. The van der Waals surface area contributed by atoms with Crippen molar-refractivity contribution in [1.82, 2.24) is 5.32 Å². The van der Waals surface area contributed by atoms with Crippen LogP contribution in [0.4, 0.5) is 0 Å². The maximum absolute atomic E-state index is 10.3. The summed E-state index contributed by atoms with van der Waals surface area (Å²) in [6.07, 6.45) is 9.74. The minimum Gasteiger partial charge on any atom is -0.504 e. The molecule has 4 heteroatoms. The van der Waals surface area contributed by atoms with Crippen molar-refractivity contribution in [2.75, 3.05) is 6.54 Å². The Labute approximate surface area is 137 Å². The molecule has 0 bridgehead atoms. The van der Waals surface area contributed by atoms with E-state index in [9.17, 15) is 10.2 Å². The Balaban J connectivity index is 1.58. The number of phenolic OH excluding ortho intramolecular Hbond substituents is 2. The first kappa shape index (κ1) is 15.3. The fourth-order valence-corrected chi connectivity index (χ4v) is 4.19. The quantitative estimate of drug-likeness (QED) is 0.745. The molecule has 0 radical (unpaired) electrons.